The fourth-order valence-corrected chi connectivity index (χ4v) is 2.86. The molecular weight excluding hydrogens is 354 g/mol. The first-order valence-electron chi connectivity index (χ1n) is 8.94. The number of rotatable bonds is 8. The highest BCUT2D eigenvalue weighted by Gasteiger charge is 2.33. The van der Waals surface area contributed by atoms with Gasteiger partial charge in [0.25, 0.3) is 5.91 Å². The van der Waals surface area contributed by atoms with Gasteiger partial charge in [-0.15, -0.1) is 0 Å². The summed E-state index contributed by atoms with van der Waals surface area (Å²) in [6, 6.07) is 6.28. The van der Waals surface area contributed by atoms with E-state index < -0.39 is 30.5 Å². The maximum Gasteiger partial charge on any atom is 0.344 e. The Hall–Kier alpha value is -2.77. The Morgan fingerprint density at radius 1 is 1.07 bits per heavy atom. The molecule has 1 saturated heterocycles. The van der Waals surface area contributed by atoms with Gasteiger partial charge in [-0.25, -0.2) is 9.59 Å². The molecule has 0 aromatic heterocycles. The van der Waals surface area contributed by atoms with Crippen molar-refractivity contribution in [3.8, 4) is 11.5 Å². The van der Waals surface area contributed by atoms with Crippen molar-refractivity contribution >= 4 is 17.8 Å². The van der Waals surface area contributed by atoms with Crippen molar-refractivity contribution in [2.45, 2.75) is 32.2 Å². The number of carbonyl (C=O) groups excluding carboxylic acids is 3. The average molecular weight is 379 g/mol. The van der Waals surface area contributed by atoms with E-state index in [0.29, 0.717) is 24.5 Å². The Morgan fingerprint density at radius 2 is 1.81 bits per heavy atom. The number of piperidine rings is 1. The summed E-state index contributed by atoms with van der Waals surface area (Å²) in [6.07, 6.45) is 2.20. The van der Waals surface area contributed by atoms with Crippen LogP contribution in [0.25, 0.3) is 0 Å². The van der Waals surface area contributed by atoms with Gasteiger partial charge in [0.2, 0.25) is 0 Å². The van der Waals surface area contributed by atoms with Gasteiger partial charge in [0, 0.05) is 6.54 Å². The Kier molecular flexibility index (Phi) is 7.91. The highest BCUT2D eigenvalue weighted by Crippen LogP contribution is 2.25. The third kappa shape index (κ3) is 5.87. The predicted molar refractivity (Wildman–Crippen MR) is 95.4 cm³/mol. The molecule has 0 saturated carbocycles. The van der Waals surface area contributed by atoms with Gasteiger partial charge in [-0.3, -0.25) is 4.79 Å². The van der Waals surface area contributed by atoms with Crippen LogP contribution in [0.2, 0.25) is 0 Å². The fourth-order valence-electron chi connectivity index (χ4n) is 2.86. The molecule has 1 fully saturated rings. The first kappa shape index (κ1) is 20.5. The number of ether oxygens (including phenoxy) is 4. The molecular formula is C19H25NO7. The Morgan fingerprint density at radius 3 is 2.52 bits per heavy atom. The smallest absolute Gasteiger partial charge is 0.344 e. The molecule has 148 valence electrons. The number of nitrogens with zero attached hydrogens (tertiary/aromatic N) is 1. The van der Waals surface area contributed by atoms with E-state index >= 15 is 0 Å². The van der Waals surface area contributed by atoms with E-state index in [1.165, 1.54) is 12.0 Å². The molecule has 1 unspecified atom stereocenters. The minimum absolute atomic E-state index is 0.257. The third-order valence-corrected chi connectivity index (χ3v) is 4.15. The largest absolute Gasteiger partial charge is 0.493 e. The topological polar surface area (TPSA) is 91.4 Å². The van der Waals surface area contributed by atoms with E-state index in [1.807, 2.05) is 0 Å². The van der Waals surface area contributed by atoms with Gasteiger partial charge >= 0.3 is 11.9 Å². The van der Waals surface area contributed by atoms with Gasteiger partial charge in [-0.05, 0) is 38.3 Å². The van der Waals surface area contributed by atoms with Crippen molar-refractivity contribution in [1.29, 1.82) is 0 Å². The normalized spacial score (nSPS) is 16.4. The number of likely N-dealkylation sites (tertiary alicyclic amines) is 1. The van der Waals surface area contributed by atoms with Crippen LogP contribution in [0.5, 0.6) is 11.5 Å². The second-order valence-electron chi connectivity index (χ2n) is 5.95. The summed E-state index contributed by atoms with van der Waals surface area (Å²) >= 11 is 0. The monoisotopic (exact) mass is 379 g/mol. The van der Waals surface area contributed by atoms with Gasteiger partial charge in [0.15, 0.2) is 24.7 Å². The van der Waals surface area contributed by atoms with Gasteiger partial charge in [0.05, 0.1) is 13.7 Å². The molecule has 8 heteroatoms. The standard InChI is InChI=1S/C19H25NO7/c1-3-25-19(23)14-8-6-7-11-20(14)17(21)12-27-18(22)13-26-16-10-5-4-9-15(16)24-2/h4-5,9-10,14H,3,6-8,11-13H2,1-2H3. The lowest BCUT2D eigenvalue weighted by Gasteiger charge is -2.33. The zero-order valence-corrected chi connectivity index (χ0v) is 15.6. The van der Waals surface area contributed by atoms with E-state index in [1.54, 1.807) is 31.2 Å². The molecule has 0 radical (unpaired) electrons. The van der Waals surface area contributed by atoms with Crippen LogP contribution in [-0.4, -0.2) is 62.3 Å². The summed E-state index contributed by atoms with van der Waals surface area (Å²) in [6.45, 7) is 1.62. The predicted octanol–water partition coefficient (Wildman–Crippen LogP) is 1.56. The van der Waals surface area contributed by atoms with E-state index in [0.717, 1.165) is 12.8 Å². The molecule has 1 heterocycles. The minimum Gasteiger partial charge on any atom is -0.493 e. The van der Waals surface area contributed by atoms with E-state index in [4.69, 9.17) is 18.9 Å². The molecule has 1 aliphatic heterocycles. The Labute approximate surface area is 158 Å². The molecule has 8 nitrogen and oxygen atoms in total. The zero-order valence-electron chi connectivity index (χ0n) is 15.6. The molecule has 27 heavy (non-hydrogen) atoms. The first-order valence-corrected chi connectivity index (χ1v) is 8.94. The molecule has 0 bridgehead atoms. The van der Waals surface area contributed by atoms with Crippen LogP contribution in [0.4, 0.5) is 0 Å². The summed E-state index contributed by atoms with van der Waals surface area (Å²) in [4.78, 5) is 37.7. The number of hydrogen-bond donors (Lipinski definition) is 0. The molecule has 1 aliphatic rings. The van der Waals surface area contributed by atoms with Gasteiger partial charge < -0.3 is 23.8 Å². The number of benzene rings is 1. The van der Waals surface area contributed by atoms with Gasteiger partial charge in [-0.2, -0.15) is 0 Å². The van der Waals surface area contributed by atoms with Crippen LogP contribution in [-0.2, 0) is 23.9 Å². The van der Waals surface area contributed by atoms with Crippen molar-refractivity contribution in [2.75, 3.05) is 33.5 Å². The molecule has 1 atom stereocenters. The summed E-state index contributed by atoms with van der Waals surface area (Å²) in [5.74, 6) is -0.623. The van der Waals surface area contributed by atoms with Crippen LogP contribution in [0, 0.1) is 0 Å². The third-order valence-electron chi connectivity index (χ3n) is 4.15. The summed E-state index contributed by atoms with van der Waals surface area (Å²) in [5, 5.41) is 0. The minimum atomic E-state index is -0.682. The second-order valence-corrected chi connectivity index (χ2v) is 5.95. The number of esters is 2. The fraction of sp³-hybridized carbons (Fsp3) is 0.526. The molecule has 1 aromatic carbocycles. The Balaban J connectivity index is 1.82. The molecule has 0 aliphatic carbocycles. The van der Waals surface area contributed by atoms with E-state index in [2.05, 4.69) is 0 Å². The van der Waals surface area contributed by atoms with Crippen LogP contribution in [0.3, 0.4) is 0 Å². The lowest BCUT2D eigenvalue weighted by atomic mass is 10.0. The maximum atomic E-state index is 12.4. The van der Waals surface area contributed by atoms with Crippen LogP contribution >= 0.6 is 0 Å². The first-order chi connectivity index (χ1) is 13.1. The molecule has 0 spiro atoms. The van der Waals surface area contributed by atoms with Crippen molar-refractivity contribution in [1.82, 2.24) is 4.90 Å². The van der Waals surface area contributed by atoms with Crippen LogP contribution in [0.15, 0.2) is 24.3 Å². The van der Waals surface area contributed by atoms with Crippen molar-refractivity contribution in [2.24, 2.45) is 0 Å². The zero-order chi connectivity index (χ0) is 19.6. The van der Waals surface area contributed by atoms with Crippen molar-refractivity contribution < 1.29 is 33.3 Å². The van der Waals surface area contributed by atoms with Gasteiger partial charge in [-0.1, -0.05) is 12.1 Å². The van der Waals surface area contributed by atoms with Crippen LogP contribution in [0.1, 0.15) is 26.2 Å². The second kappa shape index (κ2) is 10.4. The number of carbonyl (C=O) groups is 3. The van der Waals surface area contributed by atoms with Gasteiger partial charge in [0.1, 0.15) is 6.04 Å². The van der Waals surface area contributed by atoms with Crippen LogP contribution < -0.4 is 9.47 Å². The number of methoxy groups -OCH3 is 1. The maximum absolute atomic E-state index is 12.4. The number of hydrogen-bond acceptors (Lipinski definition) is 7. The lowest BCUT2D eigenvalue weighted by molar-refractivity contribution is -0.161. The highest BCUT2D eigenvalue weighted by atomic mass is 16.6. The van der Waals surface area contributed by atoms with E-state index in [-0.39, 0.29) is 13.2 Å². The highest BCUT2D eigenvalue weighted by molar-refractivity contribution is 5.86. The van der Waals surface area contributed by atoms with Crippen molar-refractivity contribution in [3.63, 3.8) is 0 Å². The average Bonchev–Trinajstić information content (AvgIpc) is 2.70. The number of amides is 1. The summed E-state index contributed by atoms with van der Waals surface area (Å²) < 4.78 is 20.5. The SMILES string of the molecule is CCOC(=O)C1CCCCN1C(=O)COC(=O)COc1ccccc1OC. The summed E-state index contributed by atoms with van der Waals surface area (Å²) in [7, 11) is 1.50. The molecule has 1 amide bonds. The number of para-hydroxylation sites is 2. The quantitative estimate of drug-likeness (QED) is 0.633. The molecule has 0 N–H and O–H groups in total. The Bertz CT molecular complexity index is 661. The van der Waals surface area contributed by atoms with Crippen molar-refractivity contribution in [3.05, 3.63) is 24.3 Å². The molecule has 2 rings (SSSR count). The lowest BCUT2D eigenvalue weighted by Crippen LogP contribution is -2.50. The summed E-state index contributed by atoms with van der Waals surface area (Å²) in [5.41, 5.74) is 0. The molecule has 1 aromatic rings. The van der Waals surface area contributed by atoms with E-state index in [9.17, 15) is 14.4 Å².